The summed E-state index contributed by atoms with van der Waals surface area (Å²) in [5.74, 6) is 0.153. The molecule has 6 nitrogen and oxygen atoms in total. The molecule has 1 atom stereocenters. The maximum Gasteiger partial charge on any atom is 0.321 e. The van der Waals surface area contributed by atoms with Crippen LogP contribution in [0.25, 0.3) is 0 Å². The van der Waals surface area contributed by atoms with E-state index in [1.165, 1.54) is 4.90 Å². The Morgan fingerprint density at radius 3 is 2.86 bits per heavy atom. The smallest absolute Gasteiger partial charge is 0.321 e. The summed E-state index contributed by atoms with van der Waals surface area (Å²) in [7, 11) is 3.38. The lowest BCUT2D eigenvalue weighted by molar-refractivity contribution is -0.125. The highest BCUT2D eigenvalue weighted by atomic mass is 16.2. The quantitative estimate of drug-likeness (QED) is 0.787. The molecular weight excluding hydrogens is 280 g/mol. The monoisotopic (exact) mass is 304 g/mol. The minimum Gasteiger partial charge on any atom is -0.352 e. The van der Waals surface area contributed by atoms with E-state index in [1.807, 2.05) is 24.3 Å². The summed E-state index contributed by atoms with van der Waals surface area (Å²) in [6, 6.07) is 7.34. The van der Waals surface area contributed by atoms with Gasteiger partial charge in [0.05, 0.1) is 5.92 Å². The lowest BCUT2D eigenvalue weighted by Gasteiger charge is -2.22. The highest BCUT2D eigenvalue weighted by molar-refractivity contribution is 5.89. The molecule has 1 aliphatic heterocycles. The first-order chi connectivity index (χ1) is 10.6. The van der Waals surface area contributed by atoms with Crippen LogP contribution in [-0.4, -0.2) is 44.0 Å². The second-order valence-corrected chi connectivity index (χ2v) is 5.79. The zero-order chi connectivity index (χ0) is 15.9. The number of anilines is 1. The molecule has 2 rings (SSSR count). The van der Waals surface area contributed by atoms with E-state index in [9.17, 15) is 9.59 Å². The van der Waals surface area contributed by atoms with E-state index < -0.39 is 0 Å². The van der Waals surface area contributed by atoms with Crippen molar-refractivity contribution in [3.8, 4) is 0 Å². The van der Waals surface area contributed by atoms with Gasteiger partial charge in [-0.25, -0.2) is 4.79 Å². The fourth-order valence-corrected chi connectivity index (χ4v) is 2.40. The third kappa shape index (κ3) is 4.73. The predicted molar refractivity (Wildman–Crippen MR) is 86.6 cm³/mol. The van der Waals surface area contributed by atoms with E-state index >= 15 is 0 Å². The number of nitrogens with one attached hydrogen (secondary N) is 3. The minimum atomic E-state index is -0.172. The standard InChI is InChI=1S/C16H24N4O2/c1-20(2)16(22)19-14-7-3-5-12(9-14)10-18-15(21)13-6-4-8-17-11-13/h3,5,7,9,13,17H,4,6,8,10-11H2,1-2H3,(H,18,21)(H,19,22). The Hall–Kier alpha value is -2.08. The van der Waals surface area contributed by atoms with Gasteiger partial charge in [0.2, 0.25) is 5.91 Å². The van der Waals surface area contributed by atoms with Crippen molar-refractivity contribution in [3.63, 3.8) is 0 Å². The van der Waals surface area contributed by atoms with Crippen LogP contribution in [0.2, 0.25) is 0 Å². The lowest BCUT2D eigenvalue weighted by Crippen LogP contribution is -2.40. The molecule has 0 bridgehead atoms. The number of piperidine rings is 1. The molecular formula is C16H24N4O2. The fraction of sp³-hybridized carbons (Fsp3) is 0.500. The number of rotatable bonds is 4. The normalized spacial score (nSPS) is 17.6. The molecule has 120 valence electrons. The maximum absolute atomic E-state index is 12.1. The van der Waals surface area contributed by atoms with Crippen molar-refractivity contribution >= 4 is 17.6 Å². The van der Waals surface area contributed by atoms with Gasteiger partial charge in [0.15, 0.2) is 0 Å². The summed E-state index contributed by atoms with van der Waals surface area (Å²) >= 11 is 0. The zero-order valence-electron chi connectivity index (χ0n) is 13.2. The molecule has 6 heteroatoms. The first kappa shape index (κ1) is 16.3. The summed E-state index contributed by atoms with van der Waals surface area (Å²) in [5.41, 5.74) is 1.69. The van der Waals surface area contributed by atoms with Gasteiger partial charge in [-0.3, -0.25) is 4.79 Å². The molecule has 1 heterocycles. The zero-order valence-corrected chi connectivity index (χ0v) is 13.2. The maximum atomic E-state index is 12.1. The Morgan fingerprint density at radius 2 is 2.18 bits per heavy atom. The second-order valence-electron chi connectivity index (χ2n) is 5.79. The number of urea groups is 1. The summed E-state index contributed by atoms with van der Waals surface area (Å²) in [5, 5.41) is 9.01. The average molecular weight is 304 g/mol. The molecule has 1 fully saturated rings. The van der Waals surface area contributed by atoms with E-state index in [-0.39, 0.29) is 17.9 Å². The Morgan fingerprint density at radius 1 is 1.36 bits per heavy atom. The number of nitrogens with zero attached hydrogens (tertiary/aromatic N) is 1. The highest BCUT2D eigenvalue weighted by Gasteiger charge is 2.20. The van der Waals surface area contributed by atoms with Crippen LogP contribution >= 0.6 is 0 Å². The van der Waals surface area contributed by atoms with Crippen molar-refractivity contribution in [3.05, 3.63) is 29.8 Å². The molecule has 1 unspecified atom stereocenters. The summed E-state index contributed by atoms with van der Waals surface area (Å²) in [6.07, 6.45) is 1.99. The number of hydrogen-bond donors (Lipinski definition) is 3. The van der Waals surface area contributed by atoms with Gasteiger partial charge in [-0.1, -0.05) is 12.1 Å². The molecule has 1 aromatic rings. The van der Waals surface area contributed by atoms with Crippen molar-refractivity contribution in [1.29, 1.82) is 0 Å². The molecule has 1 aromatic carbocycles. The van der Waals surface area contributed by atoms with Crippen molar-refractivity contribution in [2.75, 3.05) is 32.5 Å². The van der Waals surface area contributed by atoms with Crippen LogP contribution < -0.4 is 16.0 Å². The van der Waals surface area contributed by atoms with Crippen molar-refractivity contribution in [1.82, 2.24) is 15.5 Å². The van der Waals surface area contributed by atoms with Gasteiger partial charge in [0.25, 0.3) is 0 Å². The van der Waals surface area contributed by atoms with Crippen LogP contribution in [0.15, 0.2) is 24.3 Å². The average Bonchev–Trinajstić information content (AvgIpc) is 2.53. The Bertz CT molecular complexity index is 525. The van der Waals surface area contributed by atoms with Gasteiger partial charge in [0.1, 0.15) is 0 Å². The summed E-state index contributed by atoms with van der Waals surface area (Å²) < 4.78 is 0. The second kappa shape index (κ2) is 7.79. The van der Waals surface area contributed by atoms with Gasteiger partial charge < -0.3 is 20.9 Å². The van der Waals surface area contributed by atoms with Gasteiger partial charge in [0, 0.05) is 32.9 Å². The van der Waals surface area contributed by atoms with Crippen molar-refractivity contribution < 1.29 is 9.59 Å². The fourth-order valence-electron chi connectivity index (χ4n) is 2.40. The topological polar surface area (TPSA) is 73.5 Å². The minimum absolute atomic E-state index is 0.0605. The van der Waals surface area contributed by atoms with Crippen LogP contribution in [0.3, 0.4) is 0 Å². The van der Waals surface area contributed by atoms with Gasteiger partial charge in [-0.15, -0.1) is 0 Å². The van der Waals surface area contributed by atoms with E-state index in [4.69, 9.17) is 0 Å². The largest absolute Gasteiger partial charge is 0.352 e. The summed E-state index contributed by atoms with van der Waals surface area (Å²) in [4.78, 5) is 25.2. The highest BCUT2D eigenvalue weighted by Crippen LogP contribution is 2.13. The lowest BCUT2D eigenvalue weighted by atomic mass is 9.99. The summed E-state index contributed by atoms with van der Waals surface area (Å²) in [6.45, 7) is 2.23. The molecule has 1 aliphatic rings. The molecule has 0 radical (unpaired) electrons. The number of carbonyl (C=O) groups excluding carboxylic acids is 2. The first-order valence-corrected chi connectivity index (χ1v) is 7.62. The Labute approximate surface area is 131 Å². The molecule has 0 spiro atoms. The van der Waals surface area contributed by atoms with Crippen LogP contribution in [-0.2, 0) is 11.3 Å². The molecule has 1 saturated heterocycles. The molecule has 0 aliphatic carbocycles. The molecule has 3 amide bonds. The van der Waals surface area contributed by atoms with Crippen molar-refractivity contribution in [2.45, 2.75) is 19.4 Å². The van der Waals surface area contributed by atoms with Gasteiger partial charge in [-0.2, -0.15) is 0 Å². The van der Waals surface area contributed by atoms with Crippen LogP contribution in [0.5, 0.6) is 0 Å². The van der Waals surface area contributed by atoms with Crippen LogP contribution in [0.1, 0.15) is 18.4 Å². The van der Waals surface area contributed by atoms with Crippen LogP contribution in [0.4, 0.5) is 10.5 Å². The van der Waals surface area contributed by atoms with Gasteiger partial charge >= 0.3 is 6.03 Å². The van der Waals surface area contributed by atoms with Crippen molar-refractivity contribution in [2.24, 2.45) is 5.92 Å². The number of carbonyl (C=O) groups is 2. The SMILES string of the molecule is CN(C)C(=O)Nc1cccc(CNC(=O)C2CCCNC2)c1. The van der Waals surface area contributed by atoms with E-state index in [2.05, 4.69) is 16.0 Å². The third-order valence-corrected chi connectivity index (χ3v) is 3.72. The number of benzene rings is 1. The first-order valence-electron chi connectivity index (χ1n) is 7.62. The molecule has 3 N–H and O–H groups in total. The number of hydrogen-bond acceptors (Lipinski definition) is 3. The number of amides is 3. The predicted octanol–water partition coefficient (Wildman–Crippen LogP) is 1.40. The Balaban J connectivity index is 1.87. The molecule has 0 saturated carbocycles. The van der Waals surface area contributed by atoms with E-state index in [0.717, 1.165) is 37.2 Å². The van der Waals surface area contributed by atoms with Gasteiger partial charge in [-0.05, 0) is 37.1 Å². The molecule has 22 heavy (non-hydrogen) atoms. The van der Waals surface area contributed by atoms with E-state index in [0.29, 0.717) is 6.54 Å². The van der Waals surface area contributed by atoms with Crippen LogP contribution in [0, 0.1) is 5.92 Å². The Kier molecular flexibility index (Phi) is 5.77. The van der Waals surface area contributed by atoms with E-state index in [1.54, 1.807) is 14.1 Å². The third-order valence-electron chi connectivity index (χ3n) is 3.72. The molecule has 0 aromatic heterocycles.